The fraction of sp³-hybridized carbons (Fsp3) is 0.350. The molecule has 0 aliphatic carbocycles. The Morgan fingerprint density at radius 3 is 2.81 bits per heavy atom. The van der Waals surface area contributed by atoms with Gasteiger partial charge < -0.3 is 19.5 Å². The van der Waals surface area contributed by atoms with E-state index in [0.29, 0.717) is 24.6 Å². The van der Waals surface area contributed by atoms with E-state index in [0.717, 1.165) is 17.1 Å². The molecule has 0 bridgehead atoms. The predicted octanol–water partition coefficient (Wildman–Crippen LogP) is 2.71. The van der Waals surface area contributed by atoms with E-state index in [4.69, 9.17) is 14.2 Å². The first-order chi connectivity index (χ1) is 12.5. The second-order valence-electron chi connectivity index (χ2n) is 6.45. The number of anilines is 1. The molecular weight excluding hydrogens is 332 g/mol. The van der Waals surface area contributed by atoms with E-state index >= 15 is 0 Å². The second kappa shape index (κ2) is 8.10. The molecule has 1 heterocycles. The maximum absolute atomic E-state index is 12.4. The van der Waals surface area contributed by atoms with Crippen molar-refractivity contribution in [2.45, 2.75) is 13.0 Å². The minimum atomic E-state index is -0.115. The summed E-state index contributed by atoms with van der Waals surface area (Å²) >= 11 is 0. The number of fused-ring (bicyclic) bond motifs is 1. The van der Waals surface area contributed by atoms with Crippen molar-refractivity contribution in [1.82, 2.24) is 4.90 Å². The Labute approximate surface area is 153 Å². The molecule has 0 spiro atoms. The fourth-order valence-corrected chi connectivity index (χ4v) is 2.92. The van der Waals surface area contributed by atoms with Gasteiger partial charge in [-0.15, -0.1) is 0 Å². The zero-order valence-electron chi connectivity index (χ0n) is 15.3. The molecule has 6 heteroatoms. The van der Waals surface area contributed by atoms with Gasteiger partial charge in [0.15, 0.2) is 11.5 Å². The number of amides is 1. The molecule has 0 saturated carbocycles. The number of nitrogens with zero attached hydrogens (tertiary/aromatic N) is 1. The third-order valence-corrected chi connectivity index (χ3v) is 4.13. The summed E-state index contributed by atoms with van der Waals surface area (Å²) in [4.78, 5) is 14.3. The van der Waals surface area contributed by atoms with E-state index in [9.17, 15) is 4.79 Å². The topological polar surface area (TPSA) is 60.0 Å². The molecule has 0 fully saturated rings. The highest BCUT2D eigenvalue weighted by molar-refractivity contribution is 5.93. The quantitative estimate of drug-likeness (QED) is 0.862. The highest BCUT2D eigenvalue weighted by Crippen LogP contribution is 2.31. The van der Waals surface area contributed by atoms with Crippen LogP contribution in [0.2, 0.25) is 0 Å². The highest BCUT2D eigenvalue weighted by atomic mass is 16.6. The largest absolute Gasteiger partial charge is 0.495 e. The molecule has 1 aliphatic heterocycles. The van der Waals surface area contributed by atoms with Gasteiger partial charge in [-0.3, -0.25) is 9.69 Å². The van der Waals surface area contributed by atoms with Gasteiger partial charge in [0.05, 0.1) is 19.3 Å². The third kappa shape index (κ3) is 4.46. The number of rotatable bonds is 6. The molecule has 138 valence electrons. The number of carbonyl (C=O) groups excluding carboxylic acids is 1. The van der Waals surface area contributed by atoms with Crippen molar-refractivity contribution in [2.75, 3.05) is 39.2 Å². The lowest BCUT2D eigenvalue weighted by molar-refractivity contribution is -0.117. The summed E-state index contributed by atoms with van der Waals surface area (Å²) in [5.41, 5.74) is 1.73. The Hall–Kier alpha value is -2.73. The second-order valence-corrected chi connectivity index (χ2v) is 6.45. The first-order valence-electron chi connectivity index (χ1n) is 8.56. The van der Waals surface area contributed by atoms with Crippen LogP contribution in [0, 0.1) is 6.92 Å². The van der Waals surface area contributed by atoms with E-state index in [1.807, 2.05) is 61.3 Å². The SMILES string of the molecule is COc1ccc(C)cc1NC(=O)CN(C)C[C@@H]1COc2ccccc2O1. The van der Waals surface area contributed by atoms with Crippen molar-refractivity contribution in [3.63, 3.8) is 0 Å². The van der Waals surface area contributed by atoms with Gasteiger partial charge in [0.25, 0.3) is 0 Å². The molecule has 26 heavy (non-hydrogen) atoms. The average molecular weight is 356 g/mol. The number of aryl methyl sites for hydroxylation is 1. The van der Waals surface area contributed by atoms with Crippen molar-refractivity contribution < 1.29 is 19.0 Å². The Balaban J connectivity index is 1.53. The van der Waals surface area contributed by atoms with Crippen LogP contribution in [-0.2, 0) is 4.79 Å². The Bertz CT molecular complexity index is 778. The molecule has 1 N–H and O–H groups in total. The Morgan fingerprint density at radius 2 is 2.04 bits per heavy atom. The summed E-state index contributed by atoms with van der Waals surface area (Å²) in [5, 5.41) is 2.91. The number of hydrogen-bond donors (Lipinski definition) is 1. The number of ether oxygens (including phenoxy) is 3. The molecule has 0 radical (unpaired) electrons. The van der Waals surface area contributed by atoms with Gasteiger partial charge in [-0.1, -0.05) is 18.2 Å². The minimum Gasteiger partial charge on any atom is -0.495 e. The predicted molar refractivity (Wildman–Crippen MR) is 100 cm³/mol. The first-order valence-corrected chi connectivity index (χ1v) is 8.56. The van der Waals surface area contributed by atoms with Crippen LogP contribution in [0.5, 0.6) is 17.2 Å². The molecule has 0 saturated heterocycles. The standard InChI is InChI=1S/C20H24N2O4/c1-14-8-9-17(24-3)16(10-14)21-20(23)12-22(2)11-15-13-25-18-6-4-5-7-19(18)26-15/h4-10,15H,11-13H2,1-3H3,(H,21,23)/t15-/m1/s1. The summed E-state index contributed by atoms with van der Waals surface area (Å²) in [6.07, 6.45) is -0.115. The maximum atomic E-state index is 12.4. The summed E-state index contributed by atoms with van der Waals surface area (Å²) in [7, 11) is 3.47. The number of methoxy groups -OCH3 is 1. The van der Waals surface area contributed by atoms with Crippen LogP contribution in [-0.4, -0.2) is 50.8 Å². The van der Waals surface area contributed by atoms with Crippen LogP contribution in [0.1, 0.15) is 5.56 Å². The molecule has 2 aromatic carbocycles. The summed E-state index contributed by atoms with van der Waals surface area (Å²) in [6, 6.07) is 13.3. The molecule has 0 aromatic heterocycles. The van der Waals surface area contributed by atoms with Crippen molar-refractivity contribution in [3.05, 3.63) is 48.0 Å². The van der Waals surface area contributed by atoms with Crippen LogP contribution in [0.3, 0.4) is 0 Å². The number of hydrogen-bond acceptors (Lipinski definition) is 5. The van der Waals surface area contributed by atoms with Gasteiger partial charge in [-0.25, -0.2) is 0 Å². The number of nitrogens with one attached hydrogen (secondary N) is 1. The molecule has 1 amide bonds. The average Bonchev–Trinajstić information content (AvgIpc) is 2.61. The van der Waals surface area contributed by atoms with Crippen LogP contribution in [0.15, 0.2) is 42.5 Å². The van der Waals surface area contributed by atoms with Gasteiger partial charge in [-0.05, 0) is 43.8 Å². The normalized spacial score (nSPS) is 15.6. The van der Waals surface area contributed by atoms with Crippen molar-refractivity contribution in [1.29, 1.82) is 0 Å². The van der Waals surface area contributed by atoms with E-state index in [1.54, 1.807) is 7.11 Å². The third-order valence-electron chi connectivity index (χ3n) is 4.13. The number of carbonyl (C=O) groups is 1. The highest BCUT2D eigenvalue weighted by Gasteiger charge is 2.22. The number of para-hydroxylation sites is 2. The maximum Gasteiger partial charge on any atom is 0.238 e. The van der Waals surface area contributed by atoms with E-state index in [-0.39, 0.29) is 18.6 Å². The molecule has 3 rings (SSSR count). The summed E-state index contributed by atoms with van der Waals surface area (Å²) in [6.45, 7) is 3.28. The lowest BCUT2D eigenvalue weighted by Gasteiger charge is -2.29. The smallest absolute Gasteiger partial charge is 0.238 e. The summed E-state index contributed by atoms with van der Waals surface area (Å²) < 4.78 is 16.9. The van der Waals surface area contributed by atoms with Crippen molar-refractivity contribution in [3.8, 4) is 17.2 Å². The fourth-order valence-electron chi connectivity index (χ4n) is 2.92. The van der Waals surface area contributed by atoms with Gasteiger partial charge in [0, 0.05) is 6.54 Å². The monoisotopic (exact) mass is 356 g/mol. The summed E-state index contributed by atoms with van der Waals surface area (Å²) in [5.74, 6) is 2.04. The van der Waals surface area contributed by atoms with Crippen molar-refractivity contribution >= 4 is 11.6 Å². The van der Waals surface area contributed by atoms with Gasteiger partial charge in [0.1, 0.15) is 18.5 Å². The van der Waals surface area contributed by atoms with Gasteiger partial charge >= 0.3 is 0 Å². The molecule has 2 aromatic rings. The van der Waals surface area contributed by atoms with Crippen LogP contribution in [0.4, 0.5) is 5.69 Å². The lowest BCUT2D eigenvalue weighted by atomic mass is 10.2. The van der Waals surface area contributed by atoms with Crippen molar-refractivity contribution in [2.24, 2.45) is 0 Å². The number of likely N-dealkylation sites (N-methyl/N-ethyl adjacent to an activating group) is 1. The zero-order valence-corrected chi connectivity index (χ0v) is 15.3. The van der Waals surface area contributed by atoms with Crippen LogP contribution >= 0.6 is 0 Å². The Morgan fingerprint density at radius 1 is 1.27 bits per heavy atom. The van der Waals surface area contributed by atoms with Gasteiger partial charge in [-0.2, -0.15) is 0 Å². The first kappa shape index (κ1) is 18.1. The van der Waals surface area contributed by atoms with Crippen LogP contribution < -0.4 is 19.5 Å². The molecule has 0 unspecified atom stereocenters. The van der Waals surface area contributed by atoms with E-state index in [1.165, 1.54) is 0 Å². The van der Waals surface area contributed by atoms with E-state index < -0.39 is 0 Å². The molecule has 1 aliphatic rings. The molecular formula is C20H24N2O4. The molecule has 6 nitrogen and oxygen atoms in total. The minimum absolute atomic E-state index is 0.103. The number of benzene rings is 2. The molecule has 1 atom stereocenters. The van der Waals surface area contributed by atoms with Gasteiger partial charge in [0.2, 0.25) is 5.91 Å². The zero-order chi connectivity index (χ0) is 18.5. The lowest BCUT2D eigenvalue weighted by Crippen LogP contribution is -2.42. The Kier molecular flexibility index (Phi) is 5.63. The van der Waals surface area contributed by atoms with Crippen LogP contribution in [0.25, 0.3) is 0 Å². The van der Waals surface area contributed by atoms with E-state index in [2.05, 4.69) is 5.32 Å².